The summed E-state index contributed by atoms with van der Waals surface area (Å²) in [5.74, 6) is 0.958. The van der Waals surface area contributed by atoms with Crippen molar-refractivity contribution in [3.05, 3.63) is 47.4 Å². The van der Waals surface area contributed by atoms with Crippen molar-refractivity contribution in [3.8, 4) is 0 Å². The van der Waals surface area contributed by atoms with Crippen LogP contribution >= 0.6 is 0 Å². The first kappa shape index (κ1) is 14.2. The first-order chi connectivity index (χ1) is 10.2. The van der Waals surface area contributed by atoms with E-state index in [2.05, 4.69) is 15.0 Å². The molecular formula is C15H19FN4O. The molecule has 0 bridgehead atoms. The summed E-state index contributed by atoms with van der Waals surface area (Å²) in [6, 6.07) is 7.28. The van der Waals surface area contributed by atoms with Crippen molar-refractivity contribution in [2.24, 2.45) is 5.73 Å². The molecule has 1 aromatic carbocycles. The summed E-state index contributed by atoms with van der Waals surface area (Å²) in [7, 11) is 0. The van der Waals surface area contributed by atoms with E-state index in [1.165, 1.54) is 25.0 Å². The van der Waals surface area contributed by atoms with Gasteiger partial charge in [-0.05, 0) is 37.0 Å². The van der Waals surface area contributed by atoms with E-state index in [0.717, 1.165) is 18.5 Å². The summed E-state index contributed by atoms with van der Waals surface area (Å²) in [6.45, 7) is 1.85. The summed E-state index contributed by atoms with van der Waals surface area (Å²) < 4.78 is 17.9. The van der Waals surface area contributed by atoms with Gasteiger partial charge < -0.3 is 10.3 Å². The maximum absolute atomic E-state index is 12.9. The molecule has 21 heavy (non-hydrogen) atoms. The average Bonchev–Trinajstić information content (AvgIpc) is 3.25. The van der Waals surface area contributed by atoms with Crippen LogP contribution in [0.1, 0.15) is 30.1 Å². The third kappa shape index (κ3) is 3.86. The summed E-state index contributed by atoms with van der Waals surface area (Å²) in [5.41, 5.74) is 6.61. The number of aromatic nitrogens is 2. The number of hydrogen-bond acceptors (Lipinski definition) is 5. The second-order valence-electron chi connectivity index (χ2n) is 5.39. The predicted octanol–water partition coefficient (Wildman–Crippen LogP) is 1.87. The van der Waals surface area contributed by atoms with Gasteiger partial charge in [-0.2, -0.15) is 4.98 Å². The minimum absolute atomic E-state index is 0.195. The number of nitrogens with two attached hydrogens (primary N) is 1. The monoisotopic (exact) mass is 290 g/mol. The van der Waals surface area contributed by atoms with E-state index < -0.39 is 0 Å². The van der Waals surface area contributed by atoms with E-state index in [9.17, 15) is 4.39 Å². The quantitative estimate of drug-likeness (QED) is 0.843. The second-order valence-corrected chi connectivity index (χ2v) is 5.39. The van der Waals surface area contributed by atoms with Crippen LogP contribution in [-0.2, 0) is 19.5 Å². The van der Waals surface area contributed by atoms with Crippen molar-refractivity contribution in [1.29, 1.82) is 0 Å². The number of benzene rings is 1. The molecule has 5 nitrogen and oxygen atoms in total. The Kier molecular flexibility index (Phi) is 4.26. The van der Waals surface area contributed by atoms with Crippen molar-refractivity contribution in [2.75, 3.05) is 6.54 Å². The Bertz CT molecular complexity index is 580. The average molecular weight is 290 g/mol. The Morgan fingerprint density at radius 1 is 1.29 bits per heavy atom. The third-order valence-electron chi connectivity index (χ3n) is 3.69. The van der Waals surface area contributed by atoms with Gasteiger partial charge >= 0.3 is 0 Å². The maximum atomic E-state index is 12.9. The first-order valence-electron chi connectivity index (χ1n) is 7.24. The van der Waals surface area contributed by atoms with E-state index in [4.69, 9.17) is 10.3 Å². The minimum Gasteiger partial charge on any atom is -0.338 e. The van der Waals surface area contributed by atoms with E-state index in [1.807, 2.05) is 12.1 Å². The van der Waals surface area contributed by atoms with Crippen LogP contribution in [0.4, 0.5) is 4.39 Å². The molecular weight excluding hydrogens is 271 g/mol. The summed E-state index contributed by atoms with van der Waals surface area (Å²) >= 11 is 0. The molecule has 0 aliphatic heterocycles. The standard InChI is InChI=1S/C15H19FN4O/c16-12-3-1-11(2-4-12)7-8-20(13-5-6-13)10-14-18-15(9-17)21-19-14/h1-4,13H,5-10,17H2. The summed E-state index contributed by atoms with van der Waals surface area (Å²) in [6.07, 6.45) is 3.31. The Balaban J connectivity index is 1.58. The van der Waals surface area contributed by atoms with Crippen molar-refractivity contribution >= 4 is 0 Å². The number of nitrogens with zero attached hydrogens (tertiary/aromatic N) is 3. The van der Waals surface area contributed by atoms with Crippen molar-refractivity contribution < 1.29 is 8.91 Å². The molecule has 1 aliphatic carbocycles. The Labute approximate surface area is 122 Å². The number of halogens is 1. The lowest BCUT2D eigenvalue weighted by Crippen LogP contribution is -2.28. The van der Waals surface area contributed by atoms with Gasteiger partial charge in [-0.25, -0.2) is 4.39 Å². The van der Waals surface area contributed by atoms with Crippen molar-refractivity contribution in [3.63, 3.8) is 0 Å². The van der Waals surface area contributed by atoms with Gasteiger partial charge in [-0.15, -0.1) is 0 Å². The smallest absolute Gasteiger partial charge is 0.240 e. The molecule has 1 aromatic heterocycles. The third-order valence-corrected chi connectivity index (χ3v) is 3.69. The molecule has 2 N–H and O–H groups in total. The zero-order valence-corrected chi connectivity index (χ0v) is 11.8. The van der Waals surface area contributed by atoms with Gasteiger partial charge in [0.1, 0.15) is 5.82 Å². The van der Waals surface area contributed by atoms with Gasteiger partial charge in [-0.3, -0.25) is 4.90 Å². The molecule has 0 amide bonds. The zero-order chi connectivity index (χ0) is 14.7. The molecule has 2 aromatic rings. The molecule has 0 atom stereocenters. The fraction of sp³-hybridized carbons (Fsp3) is 0.467. The van der Waals surface area contributed by atoms with Crippen LogP contribution in [-0.4, -0.2) is 27.6 Å². The van der Waals surface area contributed by atoms with Crippen LogP contribution in [0.15, 0.2) is 28.8 Å². The molecule has 0 spiro atoms. The Hall–Kier alpha value is -1.79. The fourth-order valence-corrected chi connectivity index (χ4v) is 2.37. The van der Waals surface area contributed by atoms with Crippen LogP contribution in [0.25, 0.3) is 0 Å². The van der Waals surface area contributed by atoms with Crippen LogP contribution in [0.3, 0.4) is 0 Å². The summed E-state index contributed by atoms with van der Waals surface area (Å²) in [5, 5.41) is 3.95. The van der Waals surface area contributed by atoms with Crippen LogP contribution < -0.4 is 5.73 Å². The molecule has 1 aliphatic rings. The normalized spacial score (nSPS) is 14.8. The topological polar surface area (TPSA) is 68.2 Å². The molecule has 6 heteroatoms. The predicted molar refractivity (Wildman–Crippen MR) is 75.7 cm³/mol. The zero-order valence-electron chi connectivity index (χ0n) is 11.8. The SMILES string of the molecule is NCc1nc(CN(CCc2ccc(F)cc2)C2CC2)no1. The largest absolute Gasteiger partial charge is 0.338 e. The van der Waals surface area contributed by atoms with Crippen LogP contribution in [0.2, 0.25) is 0 Å². The van der Waals surface area contributed by atoms with Crippen LogP contribution in [0.5, 0.6) is 0 Å². The molecule has 1 heterocycles. The molecule has 0 unspecified atom stereocenters. The Morgan fingerprint density at radius 3 is 2.67 bits per heavy atom. The number of hydrogen-bond donors (Lipinski definition) is 1. The van der Waals surface area contributed by atoms with E-state index in [0.29, 0.717) is 24.3 Å². The molecule has 3 rings (SSSR count). The van der Waals surface area contributed by atoms with Crippen LogP contribution in [0, 0.1) is 5.82 Å². The van der Waals surface area contributed by atoms with Gasteiger partial charge in [-0.1, -0.05) is 17.3 Å². The lowest BCUT2D eigenvalue weighted by Gasteiger charge is -2.20. The lowest BCUT2D eigenvalue weighted by molar-refractivity contribution is 0.247. The Morgan fingerprint density at radius 2 is 2.05 bits per heavy atom. The first-order valence-corrected chi connectivity index (χ1v) is 7.24. The highest BCUT2D eigenvalue weighted by Gasteiger charge is 2.29. The van der Waals surface area contributed by atoms with E-state index in [1.54, 1.807) is 0 Å². The maximum Gasteiger partial charge on any atom is 0.240 e. The van der Waals surface area contributed by atoms with Gasteiger partial charge in [0.05, 0.1) is 13.1 Å². The van der Waals surface area contributed by atoms with Gasteiger partial charge in [0, 0.05) is 12.6 Å². The van der Waals surface area contributed by atoms with Crippen molar-refractivity contribution in [2.45, 2.75) is 38.4 Å². The van der Waals surface area contributed by atoms with Crippen molar-refractivity contribution in [1.82, 2.24) is 15.0 Å². The van der Waals surface area contributed by atoms with Gasteiger partial charge in [0.2, 0.25) is 5.89 Å². The fourth-order valence-electron chi connectivity index (χ4n) is 2.37. The highest BCUT2D eigenvalue weighted by Crippen LogP contribution is 2.28. The summed E-state index contributed by atoms with van der Waals surface area (Å²) in [4.78, 5) is 6.61. The van der Waals surface area contributed by atoms with E-state index >= 15 is 0 Å². The second kappa shape index (κ2) is 6.32. The van der Waals surface area contributed by atoms with E-state index in [-0.39, 0.29) is 12.4 Å². The molecule has 1 fully saturated rings. The highest BCUT2D eigenvalue weighted by atomic mass is 19.1. The molecule has 0 saturated heterocycles. The lowest BCUT2D eigenvalue weighted by atomic mass is 10.1. The molecule has 0 radical (unpaired) electrons. The highest BCUT2D eigenvalue weighted by molar-refractivity contribution is 5.16. The van der Waals surface area contributed by atoms with Gasteiger partial charge in [0.15, 0.2) is 5.82 Å². The number of rotatable bonds is 7. The molecule has 1 saturated carbocycles. The van der Waals surface area contributed by atoms with Gasteiger partial charge in [0.25, 0.3) is 0 Å². The molecule has 112 valence electrons. The minimum atomic E-state index is -0.195.